The first-order valence-electron chi connectivity index (χ1n) is 13.0. The quantitative estimate of drug-likeness (QED) is 0.245. The Morgan fingerprint density at radius 3 is 2.50 bits per heavy atom. The van der Waals surface area contributed by atoms with Crippen molar-refractivity contribution in [2.75, 3.05) is 0 Å². The van der Waals surface area contributed by atoms with Crippen LogP contribution in [0.15, 0.2) is 49.2 Å². The standard InChI is InChI=1S/C29H35ClFN5OSi/c1-18-20(16-35-36(18)19-13-29(5,14-19)37-38(6,7)28(2,3)4)27-26(24-17-32-11-12-33-24)21(15-34-27)25-22(30)9-8-10-23(25)31/h8-12,15-17,19,34H,13-14H2,1-7H3. The molecule has 1 fully saturated rings. The first-order chi connectivity index (χ1) is 17.8. The van der Waals surface area contributed by atoms with Crippen molar-refractivity contribution in [3.8, 4) is 33.6 Å². The molecule has 1 N–H and O–H groups in total. The predicted molar refractivity (Wildman–Crippen MR) is 153 cm³/mol. The second-order valence-electron chi connectivity index (χ2n) is 12.1. The van der Waals surface area contributed by atoms with Crippen LogP contribution in [0, 0.1) is 12.7 Å². The molecule has 1 aliphatic rings. The lowest BCUT2D eigenvalue weighted by atomic mass is 9.77. The van der Waals surface area contributed by atoms with Gasteiger partial charge >= 0.3 is 0 Å². The zero-order valence-electron chi connectivity index (χ0n) is 23.1. The Bertz CT molecular complexity index is 1450. The van der Waals surface area contributed by atoms with Gasteiger partial charge in [-0.2, -0.15) is 5.10 Å². The highest BCUT2D eigenvalue weighted by molar-refractivity contribution is 6.74. The molecule has 4 aromatic rings. The van der Waals surface area contributed by atoms with Gasteiger partial charge in [-0.25, -0.2) is 4.39 Å². The minimum Gasteiger partial charge on any atom is -0.411 e. The first kappa shape index (κ1) is 26.8. The molecule has 0 bridgehead atoms. The predicted octanol–water partition coefficient (Wildman–Crippen LogP) is 8.22. The number of aromatic nitrogens is 5. The third-order valence-corrected chi connectivity index (χ3v) is 13.2. The molecule has 0 atom stereocenters. The Balaban J connectivity index is 1.50. The third kappa shape index (κ3) is 4.63. The summed E-state index contributed by atoms with van der Waals surface area (Å²) in [4.78, 5) is 12.2. The van der Waals surface area contributed by atoms with Gasteiger partial charge in [0.05, 0.1) is 40.4 Å². The van der Waals surface area contributed by atoms with Gasteiger partial charge in [0, 0.05) is 46.5 Å². The molecule has 3 heterocycles. The molecule has 0 spiro atoms. The van der Waals surface area contributed by atoms with Crippen LogP contribution in [0.4, 0.5) is 4.39 Å². The number of halogens is 2. The normalized spacial score (nSPS) is 20.0. The summed E-state index contributed by atoms with van der Waals surface area (Å²) in [6, 6.07) is 4.97. The van der Waals surface area contributed by atoms with E-state index >= 15 is 0 Å². The van der Waals surface area contributed by atoms with Gasteiger partial charge in [0.25, 0.3) is 0 Å². The highest BCUT2D eigenvalue weighted by Gasteiger charge is 2.49. The van der Waals surface area contributed by atoms with E-state index in [1.54, 1.807) is 36.9 Å². The molecular formula is C29H35ClFN5OSi. The lowest BCUT2D eigenvalue weighted by Crippen LogP contribution is -2.54. The number of H-pyrrole nitrogens is 1. The Morgan fingerprint density at radius 2 is 1.87 bits per heavy atom. The van der Waals surface area contributed by atoms with Crippen LogP contribution in [0.2, 0.25) is 23.2 Å². The number of aromatic amines is 1. The van der Waals surface area contributed by atoms with E-state index in [1.807, 2.05) is 6.20 Å². The molecule has 5 rings (SSSR count). The van der Waals surface area contributed by atoms with E-state index in [0.29, 0.717) is 21.8 Å². The second-order valence-corrected chi connectivity index (χ2v) is 17.2. The van der Waals surface area contributed by atoms with E-state index in [4.69, 9.17) is 21.1 Å². The van der Waals surface area contributed by atoms with Crippen LogP contribution in [-0.4, -0.2) is 38.7 Å². The van der Waals surface area contributed by atoms with E-state index < -0.39 is 14.1 Å². The maximum Gasteiger partial charge on any atom is 0.192 e. The van der Waals surface area contributed by atoms with Crippen molar-refractivity contribution in [1.29, 1.82) is 0 Å². The Morgan fingerprint density at radius 1 is 1.13 bits per heavy atom. The smallest absolute Gasteiger partial charge is 0.192 e. The van der Waals surface area contributed by atoms with E-state index in [9.17, 15) is 4.39 Å². The van der Waals surface area contributed by atoms with Crippen molar-refractivity contribution >= 4 is 19.9 Å². The van der Waals surface area contributed by atoms with Gasteiger partial charge in [-0.15, -0.1) is 0 Å². The highest BCUT2D eigenvalue weighted by atomic mass is 35.5. The van der Waals surface area contributed by atoms with Gasteiger partial charge in [-0.3, -0.25) is 14.6 Å². The van der Waals surface area contributed by atoms with Crippen molar-refractivity contribution in [3.05, 3.63) is 65.7 Å². The molecule has 38 heavy (non-hydrogen) atoms. The van der Waals surface area contributed by atoms with E-state index in [1.165, 1.54) is 6.07 Å². The summed E-state index contributed by atoms with van der Waals surface area (Å²) in [5, 5.41) is 5.30. The molecule has 6 nitrogen and oxygen atoms in total. The van der Waals surface area contributed by atoms with Gasteiger partial charge < -0.3 is 9.41 Å². The fourth-order valence-electron chi connectivity index (χ4n) is 5.28. The minimum atomic E-state index is -1.87. The summed E-state index contributed by atoms with van der Waals surface area (Å²) in [6.45, 7) is 15.7. The third-order valence-electron chi connectivity index (χ3n) is 8.23. The van der Waals surface area contributed by atoms with Crippen LogP contribution in [0.3, 0.4) is 0 Å². The zero-order valence-corrected chi connectivity index (χ0v) is 24.8. The first-order valence-corrected chi connectivity index (χ1v) is 16.3. The molecule has 1 aliphatic carbocycles. The van der Waals surface area contributed by atoms with Gasteiger partial charge in [0.2, 0.25) is 0 Å². The van der Waals surface area contributed by atoms with Gasteiger partial charge in [0.1, 0.15) is 5.82 Å². The van der Waals surface area contributed by atoms with Gasteiger partial charge in [-0.05, 0) is 57.0 Å². The number of rotatable bonds is 6. The SMILES string of the molecule is Cc1c(-c2[nH]cc(-c3c(F)cccc3Cl)c2-c2cnccn2)cnn1C1CC(C)(O[Si](C)(C)C(C)(C)C)C1. The summed E-state index contributed by atoms with van der Waals surface area (Å²) < 4.78 is 23.9. The average Bonchev–Trinajstić information content (AvgIpc) is 3.40. The van der Waals surface area contributed by atoms with Crippen molar-refractivity contribution in [2.45, 2.75) is 77.2 Å². The molecule has 1 aromatic carbocycles. The largest absolute Gasteiger partial charge is 0.411 e. The summed E-state index contributed by atoms with van der Waals surface area (Å²) in [5.74, 6) is -0.393. The molecular weight excluding hydrogens is 517 g/mol. The summed E-state index contributed by atoms with van der Waals surface area (Å²) >= 11 is 6.47. The Hall–Kier alpha value is -2.81. The zero-order chi connectivity index (χ0) is 27.5. The Labute approximate surface area is 229 Å². The molecule has 0 aliphatic heterocycles. The van der Waals surface area contributed by atoms with Crippen molar-refractivity contribution in [2.24, 2.45) is 0 Å². The highest BCUT2D eigenvalue weighted by Crippen LogP contribution is 2.50. The second kappa shape index (κ2) is 9.43. The topological polar surface area (TPSA) is 68.6 Å². The van der Waals surface area contributed by atoms with Crippen LogP contribution in [-0.2, 0) is 4.43 Å². The molecule has 0 amide bonds. The Kier molecular flexibility index (Phi) is 6.65. The van der Waals surface area contributed by atoms with E-state index in [0.717, 1.165) is 35.4 Å². The maximum absolute atomic E-state index is 15.0. The molecule has 0 radical (unpaired) electrons. The van der Waals surface area contributed by atoms with Crippen LogP contribution < -0.4 is 0 Å². The molecule has 3 aromatic heterocycles. The summed E-state index contributed by atoms with van der Waals surface area (Å²) in [5.41, 5.74) is 4.97. The van der Waals surface area contributed by atoms with E-state index in [2.05, 4.69) is 67.3 Å². The van der Waals surface area contributed by atoms with Crippen LogP contribution >= 0.6 is 11.6 Å². The average molecular weight is 552 g/mol. The fourth-order valence-corrected chi connectivity index (χ4v) is 7.25. The number of nitrogens with zero attached hydrogens (tertiary/aromatic N) is 4. The van der Waals surface area contributed by atoms with Crippen molar-refractivity contribution < 1.29 is 8.82 Å². The van der Waals surface area contributed by atoms with Crippen LogP contribution in [0.1, 0.15) is 52.3 Å². The molecule has 9 heteroatoms. The number of benzene rings is 1. The lowest BCUT2D eigenvalue weighted by Gasteiger charge is -2.52. The molecule has 200 valence electrons. The van der Waals surface area contributed by atoms with Gasteiger partial charge in [-0.1, -0.05) is 38.4 Å². The molecule has 0 unspecified atom stereocenters. The molecule has 0 saturated heterocycles. The van der Waals surface area contributed by atoms with Crippen LogP contribution in [0.5, 0.6) is 0 Å². The van der Waals surface area contributed by atoms with E-state index in [-0.39, 0.29) is 16.7 Å². The number of nitrogens with one attached hydrogen (secondary N) is 1. The van der Waals surface area contributed by atoms with Crippen LogP contribution in [0.25, 0.3) is 33.6 Å². The van der Waals surface area contributed by atoms with Gasteiger partial charge in [0.15, 0.2) is 8.32 Å². The lowest BCUT2D eigenvalue weighted by molar-refractivity contribution is -0.0429. The molecule has 1 saturated carbocycles. The maximum atomic E-state index is 15.0. The summed E-state index contributed by atoms with van der Waals surface area (Å²) in [7, 11) is -1.87. The number of hydrogen-bond acceptors (Lipinski definition) is 4. The van der Waals surface area contributed by atoms with Crippen molar-refractivity contribution in [1.82, 2.24) is 24.7 Å². The number of hydrogen-bond donors (Lipinski definition) is 1. The van der Waals surface area contributed by atoms with Crippen molar-refractivity contribution in [3.63, 3.8) is 0 Å². The summed E-state index contributed by atoms with van der Waals surface area (Å²) in [6.07, 6.45) is 10.4. The fraction of sp³-hybridized carbons (Fsp3) is 0.414. The monoisotopic (exact) mass is 551 g/mol. The minimum absolute atomic E-state index is 0.141.